The van der Waals surface area contributed by atoms with Crippen molar-refractivity contribution in [3.63, 3.8) is 0 Å². The van der Waals surface area contributed by atoms with Gasteiger partial charge < -0.3 is 10.2 Å². The highest BCUT2D eigenvalue weighted by atomic mass is 15.2. The first-order valence-electron chi connectivity index (χ1n) is 8.85. The van der Waals surface area contributed by atoms with Gasteiger partial charge in [-0.05, 0) is 70.4 Å². The lowest BCUT2D eigenvalue weighted by molar-refractivity contribution is 0.151. The first-order valence-corrected chi connectivity index (χ1v) is 8.85. The normalized spacial score (nSPS) is 40.3. The number of rotatable bonds is 4. The molecule has 3 aliphatic rings. The molecule has 1 saturated carbocycles. The molecule has 3 rings (SSSR count). The van der Waals surface area contributed by atoms with Crippen LogP contribution in [0.5, 0.6) is 0 Å². The van der Waals surface area contributed by atoms with Gasteiger partial charge in [0.1, 0.15) is 0 Å². The first kappa shape index (κ1) is 13.9. The quantitative estimate of drug-likeness (QED) is 0.835. The molecular formula is C17H32N2. The molecule has 19 heavy (non-hydrogen) atoms. The lowest BCUT2D eigenvalue weighted by atomic mass is 9.83. The highest BCUT2D eigenvalue weighted by Gasteiger charge is 2.32. The van der Waals surface area contributed by atoms with Crippen LogP contribution in [0.3, 0.4) is 0 Å². The van der Waals surface area contributed by atoms with Crippen LogP contribution in [0.15, 0.2) is 0 Å². The lowest BCUT2D eigenvalue weighted by Gasteiger charge is -2.38. The predicted octanol–water partition coefficient (Wildman–Crippen LogP) is 3.56. The Balaban J connectivity index is 1.40. The molecular weight excluding hydrogens is 232 g/mol. The van der Waals surface area contributed by atoms with Gasteiger partial charge in [0.2, 0.25) is 0 Å². The molecule has 0 aromatic heterocycles. The topological polar surface area (TPSA) is 15.3 Å². The average Bonchev–Trinajstić information content (AvgIpc) is 2.89. The molecule has 2 unspecified atom stereocenters. The lowest BCUT2D eigenvalue weighted by Crippen LogP contribution is -2.49. The van der Waals surface area contributed by atoms with Crippen LogP contribution in [-0.4, -0.2) is 36.1 Å². The van der Waals surface area contributed by atoms with E-state index in [0.717, 1.165) is 24.0 Å². The van der Waals surface area contributed by atoms with Gasteiger partial charge in [-0.25, -0.2) is 0 Å². The summed E-state index contributed by atoms with van der Waals surface area (Å²) in [5.74, 6) is 1.04. The van der Waals surface area contributed by atoms with Crippen molar-refractivity contribution < 1.29 is 0 Å². The van der Waals surface area contributed by atoms with E-state index in [9.17, 15) is 0 Å². The van der Waals surface area contributed by atoms with E-state index in [-0.39, 0.29) is 0 Å². The number of nitrogens with zero attached hydrogens (tertiary/aromatic N) is 1. The summed E-state index contributed by atoms with van der Waals surface area (Å²) in [6.45, 7) is 5.06. The van der Waals surface area contributed by atoms with Gasteiger partial charge in [0.15, 0.2) is 0 Å². The molecule has 2 heterocycles. The highest BCUT2D eigenvalue weighted by molar-refractivity contribution is 4.91. The van der Waals surface area contributed by atoms with E-state index in [2.05, 4.69) is 17.1 Å². The number of hydrogen-bond donors (Lipinski definition) is 1. The Morgan fingerprint density at radius 3 is 2.58 bits per heavy atom. The third kappa shape index (κ3) is 3.52. The molecule has 0 amide bonds. The van der Waals surface area contributed by atoms with Crippen molar-refractivity contribution in [1.29, 1.82) is 0 Å². The van der Waals surface area contributed by atoms with Gasteiger partial charge in [0.25, 0.3) is 0 Å². The van der Waals surface area contributed by atoms with Crippen LogP contribution in [0, 0.1) is 5.92 Å². The SMILES string of the molecule is CCCC1CCC(NC2CCN3CCCC3C2)CC1. The Hall–Kier alpha value is -0.0800. The largest absolute Gasteiger partial charge is 0.311 e. The van der Waals surface area contributed by atoms with E-state index in [1.807, 2.05) is 0 Å². The van der Waals surface area contributed by atoms with Crippen molar-refractivity contribution in [2.24, 2.45) is 5.92 Å². The first-order chi connectivity index (χ1) is 9.35. The predicted molar refractivity (Wildman–Crippen MR) is 81.4 cm³/mol. The summed E-state index contributed by atoms with van der Waals surface area (Å²) in [6, 6.07) is 2.58. The van der Waals surface area contributed by atoms with Crippen molar-refractivity contribution in [2.75, 3.05) is 13.1 Å². The molecule has 0 aromatic carbocycles. The summed E-state index contributed by atoms with van der Waals surface area (Å²) >= 11 is 0. The van der Waals surface area contributed by atoms with E-state index >= 15 is 0 Å². The molecule has 1 aliphatic carbocycles. The summed E-state index contributed by atoms with van der Waals surface area (Å²) in [6.07, 6.45) is 14.4. The molecule has 3 fully saturated rings. The fourth-order valence-electron chi connectivity index (χ4n) is 4.74. The van der Waals surface area contributed by atoms with Crippen molar-refractivity contribution >= 4 is 0 Å². The maximum absolute atomic E-state index is 4.01. The second kappa shape index (κ2) is 6.58. The maximum Gasteiger partial charge on any atom is 0.0111 e. The van der Waals surface area contributed by atoms with E-state index in [1.165, 1.54) is 77.3 Å². The Morgan fingerprint density at radius 1 is 0.947 bits per heavy atom. The van der Waals surface area contributed by atoms with Crippen molar-refractivity contribution in [3.05, 3.63) is 0 Å². The van der Waals surface area contributed by atoms with Gasteiger partial charge in [-0.1, -0.05) is 19.8 Å². The molecule has 0 bridgehead atoms. The van der Waals surface area contributed by atoms with Crippen LogP contribution < -0.4 is 5.32 Å². The average molecular weight is 264 g/mol. The van der Waals surface area contributed by atoms with Crippen LogP contribution >= 0.6 is 0 Å². The van der Waals surface area contributed by atoms with Crippen LogP contribution in [0.25, 0.3) is 0 Å². The van der Waals surface area contributed by atoms with E-state index in [0.29, 0.717) is 0 Å². The standard InChI is InChI=1S/C17H32N2/c1-2-4-14-6-8-15(9-7-14)18-16-10-12-19-11-3-5-17(19)13-16/h14-18H,2-13H2,1H3. The van der Waals surface area contributed by atoms with E-state index in [1.54, 1.807) is 0 Å². The van der Waals surface area contributed by atoms with Crippen LogP contribution in [0.2, 0.25) is 0 Å². The maximum atomic E-state index is 4.01. The van der Waals surface area contributed by atoms with Crippen LogP contribution in [-0.2, 0) is 0 Å². The zero-order valence-electron chi connectivity index (χ0n) is 12.7. The molecule has 2 nitrogen and oxygen atoms in total. The van der Waals surface area contributed by atoms with Crippen LogP contribution in [0.4, 0.5) is 0 Å². The van der Waals surface area contributed by atoms with Gasteiger partial charge in [-0.15, -0.1) is 0 Å². The highest BCUT2D eigenvalue weighted by Crippen LogP contribution is 2.30. The van der Waals surface area contributed by atoms with Gasteiger partial charge in [-0.2, -0.15) is 0 Å². The molecule has 0 aromatic rings. The minimum Gasteiger partial charge on any atom is -0.311 e. The summed E-state index contributed by atoms with van der Waals surface area (Å²) in [5, 5.41) is 4.01. The molecule has 2 heteroatoms. The molecule has 2 saturated heterocycles. The molecule has 0 radical (unpaired) electrons. The Kier molecular flexibility index (Phi) is 4.81. The second-order valence-corrected chi connectivity index (χ2v) is 7.23. The molecule has 2 atom stereocenters. The Labute approximate surface area is 119 Å². The smallest absolute Gasteiger partial charge is 0.0111 e. The fourth-order valence-corrected chi connectivity index (χ4v) is 4.74. The minimum absolute atomic E-state index is 0.826. The summed E-state index contributed by atoms with van der Waals surface area (Å²) in [7, 11) is 0. The third-order valence-corrected chi connectivity index (χ3v) is 5.84. The number of nitrogens with one attached hydrogen (secondary N) is 1. The zero-order chi connectivity index (χ0) is 13.1. The fraction of sp³-hybridized carbons (Fsp3) is 1.00. The van der Waals surface area contributed by atoms with Crippen LogP contribution in [0.1, 0.15) is 71.1 Å². The van der Waals surface area contributed by atoms with E-state index < -0.39 is 0 Å². The third-order valence-electron chi connectivity index (χ3n) is 5.84. The number of piperidine rings is 1. The van der Waals surface area contributed by atoms with Crippen molar-refractivity contribution in [1.82, 2.24) is 10.2 Å². The number of fused-ring (bicyclic) bond motifs is 1. The van der Waals surface area contributed by atoms with Gasteiger partial charge in [0.05, 0.1) is 0 Å². The van der Waals surface area contributed by atoms with Crippen molar-refractivity contribution in [3.8, 4) is 0 Å². The molecule has 1 N–H and O–H groups in total. The monoisotopic (exact) mass is 264 g/mol. The Morgan fingerprint density at radius 2 is 1.79 bits per heavy atom. The van der Waals surface area contributed by atoms with Crippen molar-refractivity contribution in [2.45, 2.75) is 89.3 Å². The van der Waals surface area contributed by atoms with Gasteiger partial charge in [-0.3, -0.25) is 0 Å². The number of hydrogen-bond acceptors (Lipinski definition) is 2. The Bertz CT molecular complexity index is 270. The zero-order valence-corrected chi connectivity index (χ0v) is 12.7. The second-order valence-electron chi connectivity index (χ2n) is 7.23. The summed E-state index contributed by atoms with van der Waals surface area (Å²) < 4.78 is 0. The summed E-state index contributed by atoms with van der Waals surface area (Å²) in [4.78, 5) is 2.73. The van der Waals surface area contributed by atoms with Gasteiger partial charge in [0, 0.05) is 18.1 Å². The summed E-state index contributed by atoms with van der Waals surface area (Å²) in [5.41, 5.74) is 0. The molecule has 110 valence electrons. The molecule has 2 aliphatic heterocycles. The minimum atomic E-state index is 0.826. The molecule has 0 spiro atoms. The van der Waals surface area contributed by atoms with E-state index in [4.69, 9.17) is 0 Å². The van der Waals surface area contributed by atoms with Gasteiger partial charge >= 0.3 is 0 Å².